The third-order valence-corrected chi connectivity index (χ3v) is 8.23. The average Bonchev–Trinajstić information content (AvgIpc) is 3.30. The Morgan fingerprint density at radius 2 is 1.93 bits per heavy atom. The van der Waals surface area contributed by atoms with E-state index in [0.29, 0.717) is 44.0 Å². The van der Waals surface area contributed by atoms with Crippen LogP contribution in [0.4, 0.5) is 10.6 Å². The highest BCUT2D eigenvalue weighted by Gasteiger charge is 2.51. The van der Waals surface area contributed by atoms with Crippen molar-refractivity contribution in [3.8, 4) is 22.9 Å². The molecule has 0 radical (unpaired) electrons. The molecule has 8 nitrogen and oxygen atoms in total. The number of hydrogen-bond donors (Lipinski definition) is 1. The highest BCUT2D eigenvalue weighted by Crippen LogP contribution is 2.46. The van der Waals surface area contributed by atoms with Crippen LogP contribution in [-0.2, 0) is 22.5 Å². The zero-order valence-corrected chi connectivity index (χ0v) is 23.9. The fourth-order valence-corrected chi connectivity index (χ4v) is 6.41. The van der Waals surface area contributed by atoms with E-state index in [-0.39, 0.29) is 22.9 Å². The van der Waals surface area contributed by atoms with Crippen LogP contribution >= 0.6 is 0 Å². The number of phenols is 1. The van der Waals surface area contributed by atoms with Gasteiger partial charge in [-0.15, -0.1) is 0 Å². The predicted octanol–water partition coefficient (Wildman–Crippen LogP) is 5.78. The van der Waals surface area contributed by atoms with Gasteiger partial charge in [-0.3, -0.25) is 0 Å². The Hall–Kier alpha value is -3.83. The molecule has 4 heterocycles. The topological polar surface area (TPSA) is 98.9 Å². The number of rotatable bonds is 2. The van der Waals surface area contributed by atoms with E-state index in [1.165, 1.54) is 0 Å². The summed E-state index contributed by atoms with van der Waals surface area (Å²) in [6.45, 7) is 12.8. The molecule has 2 fully saturated rings. The molecular weight excluding hydrogens is 504 g/mol. The summed E-state index contributed by atoms with van der Waals surface area (Å²) in [5, 5.41) is 23.1. The van der Waals surface area contributed by atoms with Gasteiger partial charge in [0.05, 0.1) is 17.9 Å². The number of benzene rings is 2. The van der Waals surface area contributed by atoms with Gasteiger partial charge in [-0.2, -0.15) is 5.26 Å². The molecule has 1 aromatic heterocycles. The maximum atomic E-state index is 12.6. The van der Waals surface area contributed by atoms with Crippen molar-refractivity contribution in [1.82, 2.24) is 9.88 Å². The minimum Gasteiger partial charge on any atom is -0.508 e. The molecule has 1 amide bonds. The van der Waals surface area contributed by atoms with Crippen molar-refractivity contribution in [1.29, 1.82) is 5.26 Å². The number of aromatic nitrogens is 1. The van der Waals surface area contributed by atoms with E-state index in [4.69, 9.17) is 14.5 Å². The smallest absolute Gasteiger partial charge is 0.410 e. The number of ether oxygens (including phenoxy) is 2. The molecule has 2 aromatic carbocycles. The Bertz CT molecular complexity index is 1560. The quantitative estimate of drug-likeness (QED) is 0.440. The summed E-state index contributed by atoms with van der Waals surface area (Å²) in [4.78, 5) is 21.7. The standard InChI is InChI=1S/C32H36N4O4/c1-30(2,3)40-29(38)36-18-32(19-36)10-11-35(17-32)28-24(15-33)27(25-16-39-31(4,5)14-26(25)34-28)23-13-21(37)12-20-8-6-7-9-22(20)23/h6-9,12-13,37H,10-11,14,16-19H2,1-5H3. The molecule has 208 valence electrons. The van der Waals surface area contributed by atoms with Crippen LogP contribution in [0.5, 0.6) is 5.75 Å². The molecule has 3 aromatic rings. The van der Waals surface area contributed by atoms with Gasteiger partial charge in [-0.1, -0.05) is 24.3 Å². The van der Waals surface area contributed by atoms with Crippen LogP contribution in [0.2, 0.25) is 0 Å². The minimum absolute atomic E-state index is 0.0402. The first-order valence-corrected chi connectivity index (χ1v) is 13.9. The van der Waals surface area contributed by atoms with Gasteiger partial charge >= 0.3 is 6.09 Å². The maximum Gasteiger partial charge on any atom is 0.410 e. The number of nitriles is 1. The van der Waals surface area contributed by atoms with Crippen LogP contribution in [0.15, 0.2) is 36.4 Å². The highest BCUT2D eigenvalue weighted by atomic mass is 16.6. The summed E-state index contributed by atoms with van der Waals surface area (Å²) >= 11 is 0. The third kappa shape index (κ3) is 4.62. The fourth-order valence-electron chi connectivity index (χ4n) is 6.41. The lowest BCUT2D eigenvalue weighted by molar-refractivity contribution is -0.0410. The van der Waals surface area contributed by atoms with E-state index < -0.39 is 5.60 Å². The first kappa shape index (κ1) is 26.4. The number of nitrogens with zero attached hydrogens (tertiary/aromatic N) is 4. The second-order valence-electron chi connectivity index (χ2n) is 13.2. The summed E-state index contributed by atoms with van der Waals surface area (Å²) < 4.78 is 11.8. The molecular formula is C32H36N4O4. The van der Waals surface area contributed by atoms with Crippen molar-refractivity contribution in [2.45, 2.75) is 65.3 Å². The molecule has 3 aliphatic heterocycles. The molecule has 8 heteroatoms. The number of amides is 1. The van der Waals surface area contributed by atoms with E-state index in [0.717, 1.165) is 46.1 Å². The maximum absolute atomic E-state index is 12.6. The Morgan fingerprint density at radius 3 is 2.65 bits per heavy atom. The first-order valence-electron chi connectivity index (χ1n) is 13.9. The molecule has 1 spiro atoms. The number of likely N-dealkylation sites (tertiary alicyclic amines) is 1. The van der Waals surface area contributed by atoms with Gasteiger partial charge in [-0.25, -0.2) is 9.78 Å². The van der Waals surface area contributed by atoms with Crippen molar-refractivity contribution < 1.29 is 19.4 Å². The summed E-state index contributed by atoms with van der Waals surface area (Å²) in [7, 11) is 0. The van der Waals surface area contributed by atoms with Gasteiger partial charge in [0.15, 0.2) is 0 Å². The Kier molecular flexibility index (Phi) is 6.01. The molecule has 0 aliphatic carbocycles. The van der Waals surface area contributed by atoms with Gasteiger partial charge in [0.25, 0.3) is 0 Å². The van der Waals surface area contributed by atoms with Crippen LogP contribution in [0.1, 0.15) is 57.9 Å². The molecule has 6 rings (SSSR count). The Balaban J connectivity index is 1.42. The number of fused-ring (bicyclic) bond motifs is 2. The molecule has 0 saturated carbocycles. The highest BCUT2D eigenvalue weighted by molar-refractivity contribution is 6.00. The minimum atomic E-state index is -0.528. The molecule has 0 bridgehead atoms. The molecule has 40 heavy (non-hydrogen) atoms. The van der Waals surface area contributed by atoms with Gasteiger partial charge in [-0.05, 0) is 69.5 Å². The van der Waals surface area contributed by atoms with Crippen LogP contribution in [0.3, 0.4) is 0 Å². The van der Waals surface area contributed by atoms with E-state index in [9.17, 15) is 15.2 Å². The number of carbonyl (C=O) groups is 1. The second kappa shape index (κ2) is 9.10. The summed E-state index contributed by atoms with van der Waals surface area (Å²) in [5.74, 6) is 0.826. The summed E-state index contributed by atoms with van der Waals surface area (Å²) in [6.07, 6.45) is 1.26. The zero-order valence-electron chi connectivity index (χ0n) is 23.9. The zero-order chi connectivity index (χ0) is 28.4. The van der Waals surface area contributed by atoms with Crippen molar-refractivity contribution in [2.24, 2.45) is 5.41 Å². The Morgan fingerprint density at radius 1 is 1.18 bits per heavy atom. The normalized spacial score (nSPS) is 19.3. The van der Waals surface area contributed by atoms with Crippen LogP contribution in [0.25, 0.3) is 21.9 Å². The lowest BCUT2D eigenvalue weighted by atomic mass is 9.79. The number of anilines is 1. The van der Waals surface area contributed by atoms with E-state index in [1.807, 2.05) is 45.0 Å². The van der Waals surface area contributed by atoms with Gasteiger partial charge in [0, 0.05) is 49.1 Å². The second-order valence-corrected chi connectivity index (χ2v) is 13.2. The molecule has 2 saturated heterocycles. The van der Waals surface area contributed by atoms with Crippen molar-refractivity contribution in [2.75, 3.05) is 31.1 Å². The summed E-state index contributed by atoms with van der Waals surface area (Å²) in [6, 6.07) is 13.9. The van der Waals surface area contributed by atoms with Crippen LogP contribution in [-0.4, -0.2) is 58.5 Å². The third-order valence-electron chi connectivity index (χ3n) is 8.23. The number of aromatic hydroxyl groups is 1. The predicted molar refractivity (Wildman–Crippen MR) is 153 cm³/mol. The lowest BCUT2D eigenvalue weighted by Crippen LogP contribution is -2.60. The lowest BCUT2D eigenvalue weighted by Gasteiger charge is -2.47. The molecule has 0 atom stereocenters. The van der Waals surface area contributed by atoms with Gasteiger partial charge in [0.2, 0.25) is 0 Å². The van der Waals surface area contributed by atoms with E-state index in [2.05, 4.69) is 24.8 Å². The molecule has 3 aliphatic rings. The molecule has 0 unspecified atom stereocenters. The number of hydrogen-bond acceptors (Lipinski definition) is 7. The fraction of sp³-hybridized carbons (Fsp3) is 0.469. The number of carbonyl (C=O) groups excluding carboxylic acids is 1. The monoisotopic (exact) mass is 540 g/mol. The first-order chi connectivity index (χ1) is 18.9. The van der Waals surface area contributed by atoms with E-state index in [1.54, 1.807) is 17.0 Å². The number of pyridine rings is 1. The Labute approximate surface area is 235 Å². The molecule has 1 N–H and O–H groups in total. The largest absolute Gasteiger partial charge is 0.508 e. The van der Waals surface area contributed by atoms with Crippen LogP contribution in [0, 0.1) is 16.7 Å². The average molecular weight is 541 g/mol. The van der Waals surface area contributed by atoms with Gasteiger partial charge in [0.1, 0.15) is 28.8 Å². The number of phenolic OH excluding ortho intramolecular Hbond substituents is 1. The van der Waals surface area contributed by atoms with Crippen molar-refractivity contribution >= 4 is 22.7 Å². The van der Waals surface area contributed by atoms with Crippen LogP contribution < -0.4 is 4.90 Å². The summed E-state index contributed by atoms with van der Waals surface area (Å²) in [5.41, 5.74) is 2.98. The van der Waals surface area contributed by atoms with E-state index >= 15 is 0 Å². The van der Waals surface area contributed by atoms with Gasteiger partial charge < -0.3 is 24.4 Å². The SMILES string of the molecule is CC(C)(C)OC(=O)N1CC2(CCN(c3nc4c(c(-c5cc(O)cc6ccccc56)c3C#N)COC(C)(C)C4)C2)C1. The van der Waals surface area contributed by atoms with Crippen molar-refractivity contribution in [3.63, 3.8) is 0 Å². The van der Waals surface area contributed by atoms with Crippen molar-refractivity contribution in [3.05, 3.63) is 53.2 Å².